The van der Waals surface area contributed by atoms with Gasteiger partial charge in [0.1, 0.15) is 0 Å². The van der Waals surface area contributed by atoms with Crippen molar-refractivity contribution in [1.29, 1.82) is 0 Å². The normalized spacial score (nSPS) is 46.9. The number of hydrogen-bond acceptors (Lipinski definition) is 2. The lowest BCUT2D eigenvalue weighted by Crippen LogP contribution is -2.46. The molecule has 4 aliphatic rings. The van der Waals surface area contributed by atoms with Crippen molar-refractivity contribution < 1.29 is 0 Å². The van der Waals surface area contributed by atoms with E-state index in [0.717, 1.165) is 35.8 Å². The molecule has 1 heterocycles. The molecule has 0 spiro atoms. The van der Waals surface area contributed by atoms with E-state index in [1.807, 2.05) is 0 Å². The lowest BCUT2D eigenvalue weighted by atomic mass is 9.79. The van der Waals surface area contributed by atoms with Crippen LogP contribution in [0.4, 0.5) is 0 Å². The Hall–Kier alpha value is -0.0800. The molecule has 108 valence electrons. The van der Waals surface area contributed by atoms with E-state index in [1.165, 1.54) is 45.3 Å². The SMILES string of the molecule is CC(CNC1CC2CC1C1CCCC21)N1CCCC1. The first-order chi connectivity index (χ1) is 9.33. The highest BCUT2D eigenvalue weighted by Crippen LogP contribution is 2.58. The van der Waals surface area contributed by atoms with Gasteiger partial charge in [-0.2, -0.15) is 0 Å². The van der Waals surface area contributed by atoms with Crippen LogP contribution < -0.4 is 5.32 Å². The summed E-state index contributed by atoms with van der Waals surface area (Å²) in [6, 6.07) is 1.62. The molecule has 1 saturated heterocycles. The average molecular weight is 262 g/mol. The fourth-order valence-electron chi connectivity index (χ4n) is 5.94. The van der Waals surface area contributed by atoms with Gasteiger partial charge >= 0.3 is 0 Å². The van der Waals surface area contributed by atoms with E-state index in [-0.39, 0.29) is 0 Å². The maximum Gasteiger partial charge on any atom is 0.0192 e. The number of fused-ring (bicyclic) bond motifs is 5. The molecule has 3 aliphatic carbocycles. The zero-order valence-electron chi connectivity index (χ0n) is 12.5. The van der Waals surface area contributed by atoms with Gasteiger partial charge < -0.3 is 5.32 Å². The third-order valence-electron chi connectivity index (χ3n) is 6.87. The molecule has 4 fully saturated rings. The minimum Gasteiger partial charge on any atom is -0.312 e. The van der Waals surface area contributed by atoms with Gasteiger partial charge in [-0.05, 0) is 82.2 Å². The van der Waals surface area contributed by atoms with Crippen LogP contribution >= 0.6 is 0 Å². The second-order valence-electron chi connectivity index (χ2n) is 7.76. The van der Waals surface area contributed by atoms with Gasteiger partial charge in [-0.3, -0.25) is 4.90 Å². The highest BCUT2D eigenvalue weighted by Gasteiger charge is 2.53. The largest absolute Gasteiger partial charge is 0.312 e. The van der Waals surface area contributed by atoms with Crippen LogP contribution in [0, 0.1) is 23.7 Å². The first kappa shape index (κ1) is 12.6. The third-order valence-corrected chi connectivity index (χ3v) is 6.87. The first-order valence-corrected chi connectivity index (χ1v) is 8.80. The van der Waals surface area contributed by atoms with Crippen molar-refractivity contribution in [2.24, 2.45) is 23.7 Å². The second kappa shape index (κ2) is 5.04. The Kier molecular flexibility index (Phi) is 3.35. The van der Waals surface area contributed by atoms with Gasteiger partial charge in [0.15, 0.2) is 0 Å². The van der Waals surface area contributed by atoms with Crippen molar-refractivity contribution in [3.8, 4) is 0 Å². The molecule has 2 bridgehead atoms. The second-order valence-corrected chi connectivity index (χ2v) is 7.76. The van der Waals surface area contributed by atoms with Crippen LogP contribution in [0.5, 0.6) is 0 Å². The lowest BCUT2D eigenvalue weighted by molar-refractivity contribution is 0.188. The topological polar surface area (TPSA) is 15.3 Å². The molecule has 0 aromatic rings. The molecule has 0 aromatic heterocycles. The summed E-state index contributed by atoms with van der Waals surface area (Å²) in [4.78, 5) is 2.68. The molecular formula is C17H30N2. The number of hydrogen-bond donors (Lipinski definition) is 1. The van der Waals surface area contributed by atoms with E-state index in [2.05, 4.69) is 17.1 Å². The molecule has 2 heteroatoms. The van der Waals surface area contributed by atoms with E-state index >= 15 is 0 Å². The predicted octanol–water partition coefficient (Wildman–Crippen LogP) is 2.89. The van der Waals surface area contributed by atoms with E-state index in [0.29, 0.717) is 0 Å². The Bertz CT molecular complexity index is 323. The molecule has 1 aliphatic heterocycles. The van der Waals surface area contributed by atoms with Crippen LogP contribution in [-0.4, -0.2) is 36.6 Å². The molecule has 0 aromatic carbocycles. The fraction of sp³-hybridized carbons (Fsp3) is 1.00. The molecule has 2 nitrogen and oxygen atoms in total. The smallest absolute Gasteiger partial charge is 0.0192 e. The van der Waals surface area contributed by atoms with Crippen LogP contribution in [0.25, 0.3) is 0 Å². The quantitative estimate of drug-likeness (QED) is 0.838. The van der Waals surface area contributed by atoms with E-state index in [4.69, 9.17) is 0 Å². The molecule has 6 atom stereocenters. The summed E-state index contributed by atoms with van der Waals surface area (Å²) in [6.45, 7) is 6.32. The lowest BCUT2D eigenvalue weighted by Gasteiger charge is -2.34. The van der Waals surface area contributed by atoms with Gasteiger partial charge in [-0.15, -0.1) is 0 Å². The van der Waals surface area contributed by atoms with Crippen molar-refractivity contribution in [3.05, 3.63) is 0 Å². The average Bonchev–Trinajstić information content (AvgIpc) is 3.15. The number of rotatable bonds is 4. The Morgan fingerprint density at radius 2 is 1.79 bits per heavy atom. The van der Waals surface area contributed by atoms with Gasteiger partial charge in [0.2, 0.25) is 0 Å². The van der Waals surface area contributed by atoms with E-state index in [1.54, 1.807) is 19.3 Å². The van der Waals surface area contributed by atoms with Crippen LogP contribution in [0.2, 0.25) is 0 Å². The molecular weight excluding hydrogens is 232 g/mol. The molecule has 19 heavy (non-hydrogen) atoms. The minimum atomic E-state index is 0.751. The van der Waals surface area contributed by atoms with Crippen molar-refractivity contribution in [2.75, 3.05) is 19.6 Å². The highest BCUT2D eigenvalue weighted by molar-refractivity contribution is 5.05. The van der Waals surface area contributed by atoms with Crippen molar-refractivity contribution in [1.82, 2.24) is 10.2 Å². The Morgan fingerprint density at radius 3 is 2.63 bits per heavy atom. The Morgan fingerprint density at radius 1 is 1.00 bits per heavy atom. The highest BCUT2D eigenvalue weighted by atomic mass is 15.2. The first-order valence-electron chi connectivity index (χ1n) is 8.80. The number of nitrogens with zero attached hydrogens (tertiary/aromatic N) is 1. The summed E-state index contributed by atoms with van der Waals surface area (Å²) in [5.41, 5.74) is 0. The summed E-state index contributed by atoms with van der Waals surface area (Å²) in [5, 5.41) is 3.96. The van der Waals surface area contributed by atoms with Crippen molar-refractivity contribution in [2.45, 2.75) is 64.0 Å². The zero-order valence-corrected chi connectivity index (χ0v) is 12.5. The molecule has 0 radical (unpaired) electrons. The van der Waals surface area contributed by atoms with Gasteiger partial charge in [-0.1, -0.05) is 6.42 Å². The monoisotopic (exact) mass is 262 g/mol. The summed E-state index contributed by atoms with van der Waals surface area (Å²) >= 11 is 0. The summed E-state index contributed by atoms with van der Waals surface area (Å²) in [7, 11) is 0. The fourth-order valence-corrected chi connectivity index (χ4v) is 5.94. The van der Waals surface area contributed by atoms with Crippen LogP contribution in [0.15, 0.2) is 0 Å². The number of likely N-dealkylation sites (tertiary alicyclic amines) is 1. The maximum atomic E-state index is 3.96. The van der Waals surface area contributed by atoms with Crippen molar-refractivity contribution >= 4 is 0 Å². The predicted molar refractivity (Wildman–Crippen MR) is 79.1 cm³/mol. The Labute approximate surface area is 118 Å². The van der Waals surface area contributed by atoms with Crippen LogP contribution in [-0.2, 0) is 0 Å². The standard InChI is InChI=1S/C17H30N2/c1-12(19-7-2-3-8-19)11-18-17-10-13-9-16(17)15-6-4-5-14(13)15/h12-18H,2-11H2,1H3. The molecule has 1 N–H and O–H groups in total. The molecule has 6 unspecified atom stereocenters. The van der Waals surface area contributed by atoms with Gasteiger partial charge in [0, 0.05) is 18.6 Å². The maximum absolute atomic E-state index is 3.96. The third kappa shape index (κ3) is 2.15. The summed E-state index contributed by atoms with van der Waals surface area (Å²) < 4.78 is 0. The zero-order chi connectivity index (χ0) is 12.8. The number of nitrogens with one attached hydrogen (secondary N) is 1. The van der Waals surface area contributed by atoms with Crippen LogP contribution in [0.1, 0.15) is 51.9 Å². The van der Waals surface area contributed by atoms with Gasteiger partial charge in [-0.25, -0.2) is 0 Å². The summed E-state index contributed by atoms with van der Waals surface area (Å²) in [5.74, 6) is 4.39. The van der Waals surface area contributed by atoms with Gasteiger partial charge in [0.05, 0.1) is 0 Å². The molecule has 3 saturated carbocycles. The van der Waals surface area contributed by atoms with Crippen molar-refractivity contribution in [3.63, 3.8) is 0 Å². The van der Waals surface area contributed by atoms with Crippen LogP contribution in [0.3, 0.4) is 0 Å². The Balaban J connectivity index is 1.30. The molecule has 4 rings (SSSR count). The molecule has 0 amide bonds. The van der Waals surface area contributed by atoms with Gasteiger partial charge in [0.25, 0.3) is 0 Å². The summed E-state index contributed by atoms with van der Waals surface area (Å²) in [6.07, 6.45) is 10.5. The van der Waals surface area contributed by atoms with E-state index < -0.39 is 0 Å². The minimum absolute atomic E-state index is 0.751. The van der Waals surface area contributed by atoms with E-state index in [9.17, 15) is 0 Å².